The lowest BCUT2D eigenvalue weighted by Gasteiger charge is -2.18. The number of amides is 2. The van der Waals surface area contributed by atoms with Crippen LogP contribution in [0.5, 0.6) is 11.5 Å². The lowest BCUT2D eigenvalue weighted by molar-refractivity contribution is -0.145. The third-order valence-electron chi connectivity index (χ3n) is 10.1. The summed E-state index contributed by atoms with van der Waals surface area (Å²) in [7, 11) is 0. The zero-order valence-corrected chi connectivity index (χ0v) is 32.6. The second-order valence-corrected chi connectivity index (χ2v) is 15.3. The minimum Gasteiger partial charge on any atom is -0.504 e. The highest BCUT2D eigenvalue weighted by molar-refractivity contribution is 7.99. The van der Waals surface area contributed by atoms with Crippen LogP contribution in [0.25, 0.3) is 0 Å². The van der Waals surface area contributed by atoms with Crippen molar-refractivity contribution in [1.29, 1.82) is 0 Å². The molecule has 4 rings (SSSR count). The Morgan fingerprint density at radius 3 is 2.12 bits per heavy atom. The first-order chi connectivity index (χ1) is 27.0. The number of thioether (sulfide) groups is 1. The van der Waals surface area contributed by atoms with E-state index in [-0.39, 0.29) is 122 Å². The zero-order valence-electron chi connectivity index (χ0n) is 31.8. The van der Waals surface area contributed by atoms with Crippen molar-refractivity contribution in [3.8, 4) is 11.5 Å². The van der Waals surface area contributed by atoms with E-state index in [9.17, 15) is 39.0 Å². The van der Waals surface area contributed by atoms with Crippen LogP contribution in [0.4, 0.5) is 0 Å². The van der Waals surface area contributed by atoms with Gasteiger partial charge in [0.1, 0.15) is 12.4 Å². The number of phenols is 2. The largest absolute Gasteiger partial charge is 0.504 e. The number of hydrogen-bond donors (Lipinski definition) is 2. The number of phenolic OH excluding ortho intramolecular Hbond substituents is 2. The molecular weight excluding hydrogens is 739 g/mol. The molecule has 2 N–H and O–H groups in total. The summed E-state index contributed by atoms with van der Waals surface area (Å²) in [5, 5.41) is 18.7. The van der Waals surface area contributed by atoms with Crippen LogP contribution in [-0.2, 0) is 38.2 Å². The molecule has 1 heterocycles. The van der Waals surface area contributed by atoms with Gasteiger partial charge in [-0.3, -0.25) is 33.7 Å². The van der Waals surface area contributed by atoms with E-state index >= 15 is 0 Å². The van der Waals surface area contributed by atoms with Crippen molar-refractivity contribution >= 4 is 47.1 Å². The molecule has 1 saturated heterocycles. The van der Waals surface area contributed by atoms with Crippen LogP contribution >= 0.6 is 11.8 Å². The Balaban J connectivity index is 1.05. The molecule has 1 aliphatic heterocycles. The average Bonchev–Trinajstić information content (AvgIpc) is 3.69. The fraction of sp³-hybridized carbons (Fsp3) is 0.488. The molecule has 1 saturated carbocycles. The zero-order chi connectivity index (χ0) is 40.5. The summed E-state index contributed by atoms with van der Waals surface area (Å²) in [4.78, 5) is 77.2. The molecule has 5 atom stereocenters. The summed E-state index contributed by atoms with van der Waals surface area (Å²) in [6.07, 6.45) is 7.11. The summed E-state index contributed by atoms with van der Waals surface area (Å²) in [6.45, 7) is 8.75. The van der Waals surface area contributed by atoms with E-state index < -0.39 is 11.9 Å². The molecule has 0 spiro atoms. The van der Waals surface area contributed by atoms with Crippen LogP contribution in [0.3, 0.4) is 0 Å². The van der Waals surface area contributed by atoms with Crippen LogP contribution < -0.4 is 0 Å². The number of Topliss-reactive ketones (excluding diaryl/α,β-unsaturated/α-hetero) is 2. The van der Waals surface area contributed by atoms with Gasteiger partial charge in [0.25, 0.3) is 0 Å². The Labute approximate surface area is 332 Å². The van der Waals surface area contributed by atoms with Crippen molar-refractivity contribution in [2.45, 2.75) is 69.5 Å². The Morgan fingerprint density at radius 1 is 0.768 bits per heavy atom. The number of hydrogen-bond acceptors (Lipinski definition) is 12. The van der Waals surface area contributed by atoms with Crippen LogP contribution in [0.2, 0.25) is 0 Å². The molecule has 2 aromatic carbocycles. The molecule has 3 unspecified atom stereocenters. The maximum Gasteiger partial charge on any atom is 0.306 e. The molecular formula is C43H53NO11S. The molecule has 302 valence electrons. The third-order valence-corrected chi connectivity index (χ3v) is 11.4. The van der Waals surface area contributed by atoms with Crippen molar-refractivity contribution < 1.29 is 53.2 Å². The number of aromatic hydroxyl groups is 2. The lowest BCUT2D eigenvalue weighted by Crippen LogP contribution is -2.34. The van der Waals surface area contributed by atoms with Gasteiger partial charge in [-0.25, -0.2) is 0 Å². The topological polar surface area (TPSA) is 174 Å². The first kappa shape index (κ1) is 44.0. The summed E-state index contributed by atoms with van der Waals surface area (Å²) < 4.78 is 16.1. The highest BCUT2D eigenvalue weighted by atomic mass is 32.2. The molecule has 13 heteroatoms. The maximum absolute atomic E-state index is 13.0. The molecule has 12 nitrogen and oxygen atoms in total. The number of benzene rings is 2. The molecule has 56 heavy (non-hydrogen) atoms. The number of nitrogens with zero attached hydrogens (tertiary/aromatic N) is 1. The SMILES string of the molecule is C=CC1CC(C=C)[C@@H]2C(=O)N(CCCCCOC(=O)CCC(=O)CC(SCCC(=O)OCCOCCCC(=O)c3ccc(O)c(O)c3)c3ccccc3)C(=O)[C@H]12. The Bertz CT molecular complexity index is 1660. The molecule has 0 aromatic heterocycles. The van der Waals surface area contributed by atoms with Gasteiger partial charge in [-0.2, -0.15) is 11.8 Å². The Morgan fingerprint density at radius 2 is 1.45 bits per heavy atom. The van der Waals surface area contributed by atoms with Crippen molar-refractivity contribution in [2.24, 2.45) is 23.7 Å². The second-order valence-electron chi connectivity index (χ2n) is 14.0. The third kappa shape index (κ3) is 12.9. The van der Waals surface area contributed by atoms with Crippen LogP contribution in [0.1, 0.15) is 85.4 Å². The number of likely N-dealkylation sites (tertiary alicyclic amines) is 1. The predicted octanol–water partition coefficient (Wildman–Crippen LogP) is 6.55. The van der Waals surface area contributed by atoms with Gasteiger partial charge in [-0.15, -0.1) is 13.2 Å². The summed E-state index contributed by atoms with van der Waals surface area (Å²) >= 11 is 1.47. The van der Waals surface area contributed by atoms with Gasteiger partial charge in [0, 0.05) is 49.0 Å². The van der Waals surface area contributed by atoms with Crippen molar-refractivity contribution in [3.63, 3.8) is 0 Å². The average molecular weight is 792 g/mol. The number of esters is 2. The van der Waals surface area contributed by atoms with Gasteiger partial charge < -0.3 is 24.4 Å². The van der Waals surface area contributed by atoms with E-state index in [0.717, 1.165) is 12.0 Å². The fourth-order valence-corrected chi connectivity index (χ4v) is 8.36. The first-order valence-electron chi connectivity index (χ1n) is 19.3. The predicted molar refractivity (Wildman–Crippen MR) is 211 cm³/mol. The molecule has 2 aromatic rings. The highest BCUT2D eigenvalue weighted by Crippen LogP contribution is 2.48. The number of carbonyl (C=O) groups is 6. The molecule has 0 radical (unpaired) electrons. The van der Waals surface area contributed by atoms with E-state index in [1.54, 1.807) is 12.2 Å². The molecule has 2 fully saturated rings. The standard InChI is InChI=1S/C43H53NO11S/c1-3-29-26-30(4-2)41-40(29)42(51)44(43(41)52)20-9-6-10-22-54-38(49)18-16-33(45)28-37(31-12-7-5-8-13-31)56-25-19-39(50)55-24-23-53-21-11-14-34(46)32-15-17-35(47)36(48)27-32/h3-5,7-8,12-13,15,17,27,29-30,37,40-41,47-48H,1-2,6,9-11,14,16,18-26,28H2/t29?,30?,37?,40-,41+. The van der Waals surface area contributed by atoms with Gasteiger partial charge in [0.15, 0.2) is 17.3 Å². The molecule has 1 aliphatic carbocycles. The highest BCUT2D eigenvalue weighted by Gasteiger charge is 2.56. The quantitative estimate of drug-likeness (QED) is 0.0263. The Hall–Kier alpha value is -4.75. The van der Waals surface area contributed by atoms with Gasteiger partial charge in [0.2, 0.25) is 11.8 Å². The number of fused-ring (bicyclic) bond motifs is 1. The van der Waals surface area contributed by atoms with E-state index in [2.05, 4.69) is 13.2 Å². The first-order valence-corrected chi connectivity index (χ1v) is 20.3. The fourth-order valence-electron chi connectivity index (χ4n) is 7.14. The van der Waals surface area contributed by atoms with Crippen molar-refractivity contribution in [3.05, 3.63) is 85.0 Å². The van der Waals surface area contributed by atoms with E-state index in [1.807, 2.05) is 30.3 Å². The smallest absolute Gasteiger partial charge is 0.306 e. The summed E-state index contributed by atoms with van der Waals surface area (Å²) in [5.74, 6) is -2.34. The van der Waals surface area contributed by atoms with E-state index in [0.29, 0.717) is 43.5 Å². The minimum absolute atomic E-state index is 0.0181. The molecule has 2 aliphatic rings. The monoisotopic (exact) mass is 791 g/mol. The lowest BCUT2D eigenvalue weighted by atomic mass is 9.89. The summed E-state index contributed by atoms with van der Waals surface area (Å²) in [5.41, 5.74) is 1.24. The van der Waals surface area contributed by atoms with Gasteiger partial charge >= 0.3 is 11.9 Å². The molecule has 2 amide bonds. The number of carbonyl (C=O) groups excluding carboxylic acids is 6. The minimum atomic E-state index is -0.457. The van der Waals surface area contributed by atoms with Crippen LogP contribution in [0, 0.1) is 23.7 Å². The number of ketones is 2. The van der Waals surface area contributed by atoms with Crippen LogP contribution in [0.15, 0.2) is 73.8 Å². The van der Waals surface area contributed by atoms with Gasteiger partial charge in [0.05, 0.1) is 37.9 Å². The van der Waals surface area contributed by atoms with Crippen LogP contribution in [-0.4, -0.2) is 89.2 Å². The van der Waals surface area contributed by atoms with E-state index in [1.165, 1.54) is 34.9 Å². The molecule has 0 bridgehead atoms. The Kier molecular flexibility index (Phi) is 17.8. The number of imide groups is 1. The van der Waals surface area contributed by atoms with Gasteiger partial charge in [-0.1, -0.05) is 42.5 Å². The normalized spacial score (nSPS) is 19.3. The maximum atomic E-state index is 13.0. The summed E-state index contributed by atoms with van der Waals surface area (Å²) in [6, 6.07) is 13.4. The van der Waals surface area contributed by atoms with E-state index in [4.69, 9.17) is 14.2 Å². The van der Waals surface area contributed by atoms with Crippen molar-refractivity contribution in [1.82, 2.24) is 4.90 Å². The number of rotatable bonds is 26. The van der Waals surface area contributed by atoms with Crippen molar-refractivity contribution in [2.75, 3.05) is 38.7 Å². The number of unbranched alkanes of at least 4 members (excludes halogenated alkanes) is 2. The number of allylic oxidation sites excluding steroid dienone is 2. The van der Waals surface area contributed by atoms with Gasteiger partial charge in [-0.05, 0) is 67.7 Å². The number of ether oxygens (including phenoxy) is 3. The second kappa shape index (κ2) is 22.7.